The number of rotatable bonds is 5. The number of aromatic nitrogens is 4. The molecule has 0 radical (unpaired) electrons. The number of nitrogens with zero attached hydrogens (tertiary/aromatic N) is 5. The Labute approximate surface area is 192 Å². The van der Waals surface area contributed by atoms with Crippen molar-refractivity contribution in [3.8, 4) is 11.6 Å². The topological polar surface area (TPSA) is 94.5 Å². The van der Waals surface area contributed by atoms with Gasteiger partial charge in [-0.05, 0) is 31.7 Å². The number of ether oxygens (including phenoxy) is 3. The molecule has 172 valence electrons. The molecule has 1 aliphatic carbocycles. The largest absolute Gasteiger partial charge is 0.488 e. The summed E-state index contributed by atoms with van der Waals surface area (Å²) in [6, 6.07) is 4.60. The normalized spacial score (nSPS) is 22.6. The molecule has 0 bridgehead atoms. The standard InChI is InChI=1S/C24H28N6O3/c1-3-18(4-2-16(1)29-23-19-5-10-32-24(19)28-15-27-23)33-21-14-17(30-8-11-31-12-9-30)13-20-22(21)26-7-6-25-20/h6-7,13-16,18H,1-5,8-12H2,(H,27,28,29)/t16-,18+. The highest BCUT2D eigenvalue weighted by Gasteiger charge is 2.26. The van der Waals surface area contributed by atoms with Gasteiger partial charge >= 0.3 is 0 Å². The Morgan fingerprint density at radius 3 is 2.67 bits per heavy atom. The average molecular weight is 449 g/mol. The van der Waals surface area contributed by atoms with Crippen molar-refractivity contribution in [2.75, 3.05) is 43.1 Å². The van der Waals surface area contributed by atoms with E-state index in [1.807, 2.05) is 0 Å². The fourth-order valence-electron chi connectivity index (χ4n) is 4.94. The minimum Gasteiger partial charge on any atom is -0.488 e. The molecule has 2 fully saturated rings. The second-order valence-electron chi connectivity index (χ2n) is 8.81. The summed E-state index contributed by atoms with van der Waals surface area (Å²) in [5.74, 6) is 2.46. The third kappa shape index (κ3) is 4.25. The molecular formula is C24H28N6O3. The Morgan fingerprint density at radius 2 is 1.79 bits per heavy atom. The van der Waals surface area contributed by atoms with Crippen LogP contribution in [0.15, 0.2) is 30.9 Å². The van der Waals surface area contributed by atoms with Crippen molar-refractivity contribution < 1.29 is 14.2 Å². The summed E-state index contributed by atoms with van der Waals surface area (Å²) in [7, 11) is 0. The Hall–Kier alpha value is -3.20. The van der Waals surface area contributed by atoms with Gasteiger partial charge in [0.05, 0.1) is 37.0 Å². The van der Waals surface area contributed by atoms with Crippen LogP contribution in [0.2, 0.25) is 0 Å². The van der Waals surface area contributed by atoms with Gasteiger partial charge in [0, 0.05) is 49.7 Å². The van der Waals surface area contributed by atoms with E-state index in [4.69, 9.17) is 14.2 Å². The van der Waals surface area contributed by atoms with Gasteiger partial charge in [-0.15, -0.1) is 0 Å². The van der Waals surface area contributed by atoms with E-state index >= 15 is 0 Å². The predicted octanol–water partition coefficient (Wildman–Crippen LogP) is 2.99. The quantitative estimate of drug-likeness (QED) is 0.632. The molecule has 9 nitrogen and oxygen atoms in total. The van der Waals surface area contributed by atoms with Crippen LogP contribution in [0.25, 0.3) is 11.0 Å². The molecule has 0 amide bonds. The van der Waals surface area contributed by atoms with Crippen LogP contribution in [0, 0.1) is 0 Å². The molecule has 0 unspecified atom stereocenters. The van der Waals surface area contributed by atoms with Crippen LogP contribution in [-0.2, 0) is 11.2 Å². The molecule has 6 rings (SSSR count). The highest BCUT2D eigenvalue weighted by Crippen LogP contribution is 2.34. The van der Waals surface area contributed by atoms with E-state index in [9.17, 15) is 0 Å². The van der Waals surface area contributed by atoms with Gasteiger partial charge in [-0.3, -0.25) is 4.98 Å². The van der Waals surface area contributed by atoms with Crippen LogP contribution < -0.4 is 19.7 Å². The Morgan fingerprint density at radius 1 is 0.939 bits per heavy atom. The summed E-state index contributed by atoms with van der Waals surface area (Å²) in [5.41, 5.74) is 3.91. The number of benzene rings is 1. The molecule has 1 saturated heterocycles. The molecule has 1 N–H and O–H groups in total. The first-order valence-corrected chi connectivity index (χ1v) is 11.8. The SMILES string of the molecule is c1nc(N[C@H]2CC[C@@H](Oc3cc(N4CCOCC4)cc4nccnc34)CC2)c2c(n1)OCC2. The molecule has 2 aromatic heterocycles. The van der Waals surface area contributed by atoms with Crippen molar-refractivity contribution in [2.45, 2.75) is 44.2 Å². The zero-order valence-corrected chi connectivity index (χ0v) is 18.6. The monoisotopic (exact) mass is 448 g/mol. The molecule has 1 aromatic carbocycles. The van der Waals surface area contributed by atoms with Crippen molar-refractivity contribution in [3.05, 3.63) is 36.4 Å². The minimum atomic E-state index is 0.160. The second-order valence-corrected chi connectivity index (χ2v) is 8.81. The third-order valence-corrected chi connectivity index (χ3v) is 6.71. The van der Waals surface area contributed by atoms with E-state index in [-0.39, 0.29) is 6.10 Å². The molecule has 3 aliphatic rings. The molecule has 9 heteroatoms. The number of hydrogen-bond acceptors (Lipinski definition) is 9. The molecule has 3 aromatic rings. The number of morpholine rings is 1. The zero-order valence-electron chi connectivity index (χ0n) is 18.6. The first kappa shape index (κ1) is 20.4. The Kier molecular flexibility index (Phi) is 5.55. The summed E-state index contributed by atoms with van der Waals surface area (Å²) in [4.78, 5) is 20.1. The van der Waals surface area contributed by atoms with Crippen molar-refractivity contribution in [2.24, 2.45) is 0 Å². The average Bonchev–Trinajstić information content (AvgIpc) is 3.36. The first-order chi connectivity index (χ1) is 16.3. The van der Waals surface area contributed by atoms with E-state index in [0.717, 1.165) is 98.1 Å². The Balaban J connectivity index is 1.15. The maximum atomic E-state index is 6.54. The molecule has 4 heterocycles. The van der Waals surface area contributed by atoms with Gasteiger partial charge in [0.25, 0.3) is 0 Å². The van der Waals surface area contributed by atoms with Crippen molar-refractivity contribution in [1.82, 2.24) is 19.9 Å². The van der Waals surface area contributed by atoms with Crippen LogP contribution in [0.3, 0.4) is 0 Å². The van der Waals surface area contributed by atoms with Crippen molar-refractivity contribution >= 4 is 22.5 Å². The van der Waals surface area contributed by atoms with Gasteiger partial charge < -0.3 is 24.4 Å². The number of fused-ring (bicyclic) bond motifs is 2. The Bertz CT molecular complexity index is 1130. The fourth-order valence-corrected chi connectivity index (χ4v) is 4.94. The molecule has 33 heavy (non-hydrogen) atoms. The molecule has 0 spiro atoms. The van der Waals surface area contributed by atoms with Gasteiger partial charge in [0.2, 0.25) is 5.88 Å². The fraction of sp³-hybridized carbons (Fsp3) is 0.500. The maximum absolute atomic E-state index is 6.54. The number of nitrogens with one attached hydrogen (secondary N) is 1. The van der Waals surface area contributed by atoms with E-state index in [1.165, 1.54) is 0 Å². The summed E-state index contributed by atoms with van der Waals surface area (Å²) in [5, 5.41) is 3.62. The highest BCUT2D eigenvalue weighted by molar-refractivity contribution is 5.85. The number of hydrogen-bond donors (Lipinski definition) is 1. The second kappa shape index (κ2) is 8.97. The third-order valence-electron chi connectivity index (χ3n) is 6.71. The van der Waals surface area contributed by atoms with Crippen LogP contribution in [0.1, 0.15) is 31.2 Å². The van der Waals surface area contributed by atoms with Gasteiger partial charge in [-0.1, -0.05) is 0 Å². The summed E-state index contributed by atoms with van der Waals surface area (Å²) >= 11 is 0. The lowest BCUT2D eigenvalue weighted by molar-refractivity contribution is 0.122. The lowest BCUT2D eigenvalue weighted by Crippen LogP contribution is -2.36. The first-order valence-electron chi connectivity index (χ1n) is 11.8. The lowest BCUT2D eigenvalue weighted by Gasteiger charge is -2.31. The highest BCUT2D eigenvalue weighted by atomic mass is 16.5. The van der Waals surface area contributed by atoms with Crippen molar-refractivity contribution in [3.63, 3.8) is 0 Å². The van der Waals surface area contributed by atoms with E-state index in [2.05, 4.69) is 42.3 Å². The van der Waals surface area contributed by atoms with E-state index in [1.54, 1.807) is 18.7 Å². The van der Waals surface area contributed by atoms with E-state index < -0.39 is 0 Å². The molecular weight excluding hydrogens is 420 g/mol. The predicted molar refractivity (Wildman–Crippen MR) is 124 cm³/mol. The lowest BCUT2D eigenvalue weighted by atomic mass is 9.92. The summed E-state index contributed by atoms with van der Waals surface area (Å²) in [6.07, 6.45) is 10.1. The molecule has 1 saturated carbocycles. The summed E-state index contributed by atoms with van der Waals surface area (Å²) in [6.45, 7) is 3.92. The molecule has 2 aliphatic heterocycles. The van der Waals surface area contributed by atoms with Crippen LogP contribution in [-0.4, -0.2) is 65.0 Å². The smallest absolute Gasteiger partial charge is 0.221 e. The van der Waals surface area contributed by atoms with Gasteiger partial charge in [-0.2, -0.15) is 0 Å². The van der Waals surface area contributed by atoms with Gasteiger partial charge in [0.1, 0.15) is 23.4 Å². The molecule has 0 atom stereocenters. The van der Waals surface area contributed by atoms with Gasteiger partial charge in [0.15, 0.2) is 0 Å². The van der Waals surface area contributed by atoms with Crippen molar-refractivity contribution in [1.29, 1.82) is 0 Å². The minimum absolute atomic E-state index is 0.160. The van der Waals surface area contributed by atoms with Crippen LogP contribution in [0.5, 0.6) is 11.6 Å². The van der Waals surface area contributed by atoms with Gasteiger partial charge in [-0.25, -0.2) is 15.0 Å². The summed E-state index contributed by atoms with van der Waals surface area (Å²) < 4.78 is 17.6. The zero-order chi connectivity index (χ0) is 22.0. The van der Waals surface area contributed by atoms with Crippen LogP contribution >= 0.6 is 0 Å². The number of anilines is 2. The maximum Gasteiger partial charge on any atom is 0.221 e. The van der Waals surface area contributed by atoms with Crippen LogP contribution in [0.4, 0.5) is 11.5 Å². The van der Waals surface area contributed by atoms with E-state index in [0.29, 0.717) is 12.6 Å².